The molecule has 0 radical (unpaired) electrons. The molecule has 1 rings (SSSR count). The van der Waals surface area contributed by atoms with Crippen molar-refractivity contribution in [2.75, 3.05) is 0 Å². The summed E-state index contributed by atoms with van der Waals surface area (Å²) >= 11 is 0. The second-order valence-electron chi connectivity index (χ2n) is 1.82. The lowest BCUT2D eigenvalue weighted by Crippen LogP contribution is -1.71. The molecule has 0 atom stereocenters. The lowest BCUT2D eigenvalue weighted by molar-refractivity contribution is -0.104. The number of hydrogen-bond donors (Lipinski definition) is 0. The van der Waals surface area contributed by atoms with Crippen molar-refractivity contribution in [2.24, 2.45) is 0 Å². The van der Waals surface area contributed by atoms with E-state index < -0.39 is 0 Å². The largest absolute Gasteiger partial charge is 0.445 e. The Morgan fingerprint density at radius 2 is 2.50 bits per heavy atom. The summed E-state index contributed by atoms with van der Waals surface area (Å²) in [6, 6.07) is 0. The van der Waals surface area contributed by atoms with Crippen molar-refractivity contribution in [3.63, 3.8) is 0 Å². The van der Waals surface area contributed by atoms with Gasteiger partial charge in [-0.2, -0.15) is 0 Å². The minimum atomic E-state index is 0.463. The van der Waals surface area contributed by atoms with Crippen LogP contribution in [0.3, 0.4) is 0 Å². The average Bonchev–Trinajstić information content (AvgIpc) is 2.31. The maximum atomic E-state index is 9.83. The van der Waals surface area contributed by atoms with Crippen molar-refractivity contribution in [2.45, 2.75) is 6.92 Å². The van der Waals surface area contributed by atoms with Gasteiger partial charge in [0.2, 0.25) is 5.89 Å². The van der Waals surface area contributed by atoms with Crippen LogP contribution in [0.1, 0.15) is 11.6 Å². The highest BCUT2D eigenvalue weighted by molar-refractivity contribution is 5.71. The number of aromatic nitrogens is 1. The molecule has 0 aliphatic rings. The van der Waals surface area contributed by atoms with Crippen molar-refractivity contribution in [3.05, 3.63) is 23.9 Å². The Morgan fingerprint density at radius 1 is 1.70 bits per heavy atom. The molecule has 1 heterocycles. The van der Waals surface area contributed by atoms with E-state index in [1.807, 2.05) is 6.92 Å². The molecular formula is C7H7NO2. The quantitative estimate of drug-likeness (QED) is 0.454. The van der Waals surface area contributed by atoms with Gasteiger partial charge in [-0.15, -0.1) is 0 Å². The fraction of sp³-hybridized carbons (Fsp3) is 0.143. The number of carbonyl (C=O) groups is 1. The van der Waals surface area contributed by atoms with Crippen LogP contribution in [-0.2, 0) is 4.79 Å². The number of aldehydes is 1. The molecule has 0 unspecified atom stereocenters. The van der Waals surface area contributed by atoms with Gasteiger partial charge in [0.25, 0.3) is 0 Å². The molecule has 1 aromatic heterocycles. The number of hydrogen-bond acceptors (Lipinski definition) is 3. The third-order valence-electron chi connectivity index (χ3n) is 0.954. The first-order valence-corrected chi connectivity index (χ1v) is 2.87. The van der Waals surface area contributed by atoms with E-state index in [0.29, 0.717) is 12.2 Å². The maximum Gasteiger partial charge on any atom is 0.218 e. The topological polar surface area (TPSA) is 43.1 Å². The van der Waals surface area contributed by atoms with Crippen LogP contribution < -0.4 is 0 Å². The standard InChI is InChI=1S/C7H7NO2/c1-6-5-10-7(8-6)3-2-4-9/h2-5H,1H3. The third kappa shape index (κ3) is 1.55. The lowest BCUT2D eigenvalue weighted by Gasteiger charge is -1.75. The zero-order valence-corrected chi connectivity index (χ0v) is 5.57. The van der Waals surface area contributed by atoms with E-state index in [0.717, 1.165) is 5.69 Å². The van der Waals surface area contributed by atoms with Gasteiger partial charge in [0, 0.05) is 6.08 Å². The molecule has 1 aromatic rings. The van der Waals surface area contributed by atoms with Gasteiger partial charge in [-0.3, -0.25) is 4.79 Å². The number of allylic oxidation sites excluding steroid dienone is 1. The fourth-order valence-electron chi connectivity index (χ4n) is 0.570. The fourth-order valence-corrected chi connectivity index (χ4v) is 0.570. The highest BCUT2D eigenvalue weighted by atomic mass is 16.3. The van der Waals surface area contributed by atoms with Gasteiger partial charge >= 0.3 is 0 Å². The van der Waals surface area contributed by atoms with Gasteiger partial charge in [-0.1, -0.05) is 0 Å². The molecular weight excluding hydrogens is 130 g/mol. The first-order valence-electron chi connectivity index (χ1n) is 2.87. The van der Waals surface area contributed by atoms with E-state index in [4.69, 9.17) is 4.42 Å². The van der Waals surface area contributed by atoms with Gasteiger partial charge in [-0.05, 0) is 13.0 Å². The van der Waals surface area contributed by atoms with E-state index in [2.05, 4.69) is 4.98 Å². The Kier molecular flexibility index (Phi) is 1.99. The molecule has 0 bridgehead atoms. The van der Waals surface area contributed by atoms with Gasteiger partial charge in [0.15, 0.2) is 0 Å². The molecule has 3 heteroatoms. The van der Waals surface area contributed by atoms with Crippen molar-refractivity contribution < 1.29 is 9.21 Å². The summed E-state index contributed by atoms with van der Waals surface area (Å²) in [6.07, 6.45) is 5.06. The Bertz CT molecular complexity index is 250. The monoisotopic (exact) mass is 137 g/mol. The van der Waals surface area contributed by atoms with Crippen LogP contribution in [0.4, 0.5) is 0 Å². The average molecular weight is 137 g/mol. The predicted octanol–water partition coefficient (Wildman–Crippen LogP) is 1.20. The number of carbonyl (C=O) groups excluding carboxylic acids is 1. The summed E-state index contributed by atoms with van der Waals surface area (Å²) in [4.78, 5) is 13.8. The Labute approximate surface area is 58.4 Å². The minimum absolute atomic E-state index is 0.463. The van der Waals surface area contributed by atoms with Gasteiger partial charge < -0.3 is 4.42 Å². The third-order valence-corrected chi connectivity index (χ3v) is 0.954. The predicted molar refractivity (Wildman–Crippen MR) is 36.3 cm³/mol. The van der Waals surface area contributed by atoms with Gasteiger partial charge in [0.05, 0.1) is 5.69 Å². The maximum absolute atomic E-state index is 9.83. The van der Waals surface area contributed by atoms with Crippen LogP contribution in [0.2, 0.25) is 0 Å². The summed E-state index contributed by atoms with van der Waals surface area (Å²) in [5.74, 6) is 0.463. The Balaban J connectivity index is 2.75. The van der Waals surface area contributed by atoms with E-state index in [1.54, 1.807) is 0 Å². The van der Waals surface area contributed by atoms with Crippen LogP contribution in [0.5, 0.6) is 0 Å². The van der Waals surface area contributed by atoms with E-state index in [9.17, 15) is 4.79 Å². The molecule has 0 amide bonds. The number of rotatable bonds is 2. The molecule has 0 fully saturated rings. The SMILES string of the molecule is Cc1coc(C=CC=O)n1. The molecule has 0 saturated heterocycles. The highest BCUT2D eigenvalue weighted by Crippen LogP contribution is 2.00. The second kappa shape index (κ2) is 2.96. The summed E-state index contributed by atoms with van der Waals surface area (Å²) in [5.41, 5.74) is 0.811. The Morgan fingerprint density at radius 3 is 3.00 bits per heavy atom. The summed E-state index contributed by atoms with van der Waals surface area (Å²) < 4.78 is 4.91. The van der Waals surface area contributed by atoms with Crippen LogP contribution >= 0.6 is 0 Å². The molecule has 0 saturated carbocycles. The lowest BCUT2D eigenvalue weighted by atomic mass is 10.5. The summed E-state index contributed by atoms with van der Waals surface area (Å²) in [5, 5.41) is 0. The van der Waals surface area contributed by atoms with E-state index in [-0.39, 0.29) is 0 Å². The molecule has 10 heavy (non-hydrogen) atoms. The molecule has 0 aromatic carbocycles. The van der Waals surface area contributed by atoms with Crippen LogP contribution in [0.25, 0.3) is 6.08 Å². The summed E-state index contributed by atoms with van der Waals surface area (Å²) in [6.45, 7) is 1.82. The first-order chi connectivity index (χ1) is 4.83. The van der Waals surface area contributed by atoms with Crippen molar-refractivity contribution in [1.82, 2.24) is 4.98 Å². The molecule has 52 valence electrons. The molecule has 0 aliphatic carbocycles. The van der Waals surface area contributed by atoms with Crippen molar-refractivity contribution in [3.8, 4) is 0 Å². The van der Waals surface area contributed by atoms with Gasteiger partial charge in [0.1, 0.15) is 12.5 Å². The van der Waals surface area contributed by atoms with Crippen LogP contribution in [0, 0.1) is 6.92 Å². The Hall–Kier alpha value is -1.38. The molecule has 0 spiro atoms. The van der Waals surface area contributed by atoms with E-state index in [1.165, 1.54) is 18.4 Å². The van der Waals surface area contributed by atoms with E-state index >= 15 is 0 Å². The highest BCUT2D eigenvalue weighted by Gasteiger charge is 1.92. The zero-order valence-electron chi connectivity index (χ0n) is 5.57. The molecule has 0 aliphatic heterocycles. The summed E-state index contributed by atoms with van der Waals surface area (Å²) in [7, 11) is 0. The number of aryl methyl sites for hydroxylation is 1. The number of oxazole rings is 1. The minimum Gasteiger partial charge on any atom is -0.445 e. The number of nitrogens with zero attached hydrogens (tertiary/aromatic N) is 1. The second-order valence-corrected chi connectivity index (χ2v) is 1.82. The van der Waals surface area contributed by atoms with Crippen LogP contribution in [0.15, 0.2) is 16.8 Å². The van der Waals surface area contributed by atoms with Crippen molar-refractivity contribution >= 4 is 12.4 Å². The van der Waals surface area contributed by atoms with Crippen LogP contribution in [-0.4, -0.2) is 11.3 Å². The molecule has 0 N–H and O–H groups in total. The normalized spacial score (nSPS) is 10.5. The molecule has 3 nitrogen and oxygen atoms in total. The van der Waals surface area contributed by atoms with Crippen molar-refractivity contribution in [1.29, 1.82) is 0 Å². The first kappa shape index (κ1) is 6.74. The van der Waals surface area contributed by atoms with Gasteiger partial charge in [-0.25, -0.2) is 4.98 Å². The smallest absolute Gasteiger partial charge is 0.218 e. The zero-order chi connectivity index (χ0) is 7.40.